The van der Waals surface area contributed by atoms with Gasteiger partial charge in [-0.1, -0.05) is 54.8 Å². The highest BCUT2D eigenvalue weighted by atomic mass is 79.9. The Kier molecular flexibility index (Phi) is 6.83. The van der Waals surface area contributed by atoms with Crippen LogP contribution in [0, 0.1) is 17.6 Å². The van der Waals surface area contributed by atoms with Crippen molar-refractivity contribution in [3.05, 3.63) is 35.4 Å². The van der Waals surface area contributed by atoms with Gasteiger partial charge < -0.3 is 0 Å². The molecule has 0 aromatic heterocycles. The topological polar surface area (TPSA) is 0 Å². The summed E-state index contributed by atoms with van der Waals surface area (Å²) >= 11 is 3.65. The lowest BCUT2D eigenvalue weighted by Gasteiger charge is -2.22. The molecule has 0 saturated carbocycles. The summed E-state index contributed by atoms with van der Waals surface area (Å²) in [6, 6.07) is 4.40. The summed E-state index contributed by atoms with van der Waals surface area (Å²) in [4.78, 5) is 0.216. The Morgan fingerprint density at radius 3 is 2.28 bits per heavy atom. The predicted molar refractivity (Wildman–Crippen MR) is 76.1 cm³/mol. The quantitative estimate of drug-likeness (QED) is 0.583. The number of alkyl halides is 1. The first-order valence-corrected chi connectivity index (χ1v) is 7.58. The SMILES string of the molecule is CCCC(CCC)C(Br)Cc1cccc(F)c1F. The second-order valence-corrected chi connectivity index (χ2v) is 5.95. The Morgan fingerprint density at radius 2 is 1.72 bits per heavy atom. The molecule has 0 aliphatic heterocycles. The fourth-order valence-electron chi connectivity index (χ4n) is 2.33. The molecule has 0 spiro atoms. The zero-order valence-corrected chi connectivity index (χ0v) is 12.6. The van der Waals surface area contributed by atoms with Gasteiger partial charge in [-0.2, -0.15) is 0 Å². The van der Waals surface area contributed by atoms with E-state index in [1.807, 2.05) is 0 Å². The molecule has 0 aliphatic carbocycles. The molecule has 1 atom stereocenters. The summed E-state index contributed by atoms with van der Waals surface area (Å²) in [5.74, 6) is -0.925. The molecule has 0 aliphatic rings. The van der Waals surface area contributed by atoms with Gasteiger partial charge in [0.15, 0.2) is 11.6 Å². The van der Waals surface area contributed by atoms with Crippen LogP contribution in [-0.2, 0) is 6.42 Å². The van der Waals surface area contributed by atoms with Crippen molar-refractivity contribution in [1.82, 2.24) is 0 Å². The van der Waals surface area contributed by atoms with E-state index in [0.29, 0.717) is 17.9 Å². The molecule has 0 amide bonds. The largest absolute Gasteiger partial charge is 0.204 e. The first-order chi connectivity index (χ1) is 8.60. The molecule has 1 aromatic rings. The molecule has 1 aromatic carbocycles. The smallest absolute Gasteiger partial charge is 0.162 e. The minimum atomic E-state index is -0.755. The third-order valence-corrected chi connectivity index (χ3v) is 4.35. The standard InChI is InChI=1S/C15H21BrF2/c1-3-6-11(7-4-2)13(16)10-12-8-5-9-14(17)15(12)18/h5,8-9,11,13H,3-4,6-7,10H2,1-2H3. The van der Waals surface area contributed by atoms with E-state index in [1.54, 1.807) is 12.1 Å². The molecule has 102 valence electrons. The Bertz CT molecular complexity index is 360. The van der Waals surface area contributed by atoms with Crippen molar-refractivity contribution >= 4 is 15.9 Å². The van der Waals surface area contributed by atoms with Crippen LogP contribution in [0.3, 0.4) is 0 Å². The van der Waals surface area contributed by atoms with Gasteiger partial charge in [-0.05, 0) is 36.8 Å². The van der Waals surface area contributed by atoms with E-state index in [9.17, 15) is 8.78 Å². The van der Waals surface area contributed by atoms with Crippen LogP contribution < -0.4 is 0 Å². The van der Waals surface area contributed by atoms with E-state index in [4.69, 9.17) is 0 Å². The number of rotatable bonds is 7. The van der Waals surface area contributed by atoms with Gasteiger partial charge in [0.2, 0.25) is 0 Å². The molecule has 0 bridgehead atoms. The molecule has 0 heterocycles. The molecule has 0 nitrogen and oxygen atoms in total. The van der Waals surface area contributed by atoms with Crippen LogP contribution in [-0.4, -0.2) is 4.83 Å². The second kappa shape index (κ2) is 7.88. The Hall–Kier alpha value is -0.440. The zero-order valence-electron chi connectivity index (χ0n) is 11.1. The summed E-state index contributed by atoms with van der Waals surface area (Å²) in [7, 11) is 0. The van der Waals surface area contributed by atoms with Crippen molar-refractivity contribution < 1.29 is 8.78 Å². The minimum absolute atomic E-state index is 0.216. The lowest BCUT2D eigenvalue weighted by Crippen LogP contribution is -2.18. The van der Waals surface area contributed by atoms with Gasteiger partial charge in [0.25, 0.3) is 0 Å². The normalized spacial score (nSPS) is 13.0. The van der Waals surface area contributed by atoms with Gasteiger partial charge in [0.05, 0.1) is 0 Å². The fourth-order valence-corrected chi connectivity index (χ4v) is 3.21. The maximum atomic E-state index is 13.6. The zero-order chi connectivity index (χ0) is 13.5. The average molecular weight is 319 g/mol. The molecule has 0 radical (unpaired) electrons. The van der Waals surface area contributed by atoms with Gasteiger partial charge in [-0.25, -0.2) is 8.78 Å². The van der Waals surface area contributed by atoms with E-state index < -0.39 is 11.6 Å². The van der Waals surface area contributed by atoms with Crippen LogP contribution in [0.1, 0.15) is 45.1 Å². The van der Waals surface area contributed by atoms with Crippen molar-refractivity contribution in [3.8, 4) is 0 Å². The highest BCUT2D eigenvalue weighted by Gasteiger charge is 2.20. The first kappa shape index (κ1) is 15.6. The van der Waals surface area contributed by atoms with Gasteiger partial charge in [-0.15, -0.1) is 0 Å². The summed E-state index contributed by atoms with van der Waals surface area (Å²) in [6.45, 7) is 4.32. The molecule has 0 N–H and O–H groups in total. The van der Waals surface area contributed by atoms with E-state index in [2.05, 4.69) is 29.8 Å². The van der Waals surface area contributed by atoms with E-state index >= 15 is 0 Å². The Balaban J connectivity index is 2.72. The Morgan fingerprint density at radius 1 is 1.11 bits per heavy atom. The van der Waals surface area contributed by atoms with Gasteiger partial charge >= 0.3 is 0 Å². The van der Waals surface area contributed by atoms with Crippen LogP contribution >= 0.6 is 15.9 Å². The summed E-state index contributed by atoms with van der Waals surface area (Å²) in [6.07, 6.45) is 5.05. The molecule has 0 saturated heterocycles. The lowest BCUT2D eigenvalue weighted by molar-refractivity contribution is 0.421. The number of hydrogen-bond acceptors (Lipinski definition) is 0. The van der Waals surface area contributed by atoms with Gasteiger partial charge in [0.1, 0.15) is 0 Å². The highest BCUT2D eigenvalue weighted by Crippen LogP contribution is 2.27. The fraction of sp³-hybridized carbons (Fsp3) is 0.600. The second-order valence-electron chi connectivity index (χ2n) is 4.77. The van der Waals surface area contributed by atoms with Crippen LogP contribution in [0.2, 0.25) is 0 Å². The van der Waals surface area contributed by atoms with Crippen molar-refractivity contribution in [1.29, 1.82) is 0 Å². The minimum Gasteiger partial charge on any atom is -0.204 e. The molecular formula is C15H21BrF2. The van der Waals surface area contributed by atoms with Crippen molar-refractivity contribution in [2.75, 3.05) is 0 Å². The summed E-state index contributed by atoms with van der Waals surface area (Å²) in [5.41, 5.74) is 0.467. The summed E-state index contributed by atoms with van der Waals surface area (Å²) in [5, 5.41) is 0. The molecule has 3 heteroatoms. The molecule has 18 heavy (non-hydrogen) atoms. The third-order valence-electron chi connectivity index (χ3n) is 3.28. The van der Waals surface area contributed by atoms with E-state index in [1.165, 1.54) is 0 Å². The first-order valence-electron chi connectivity index (χ1n) is 6.67. The van der Waals surface area contributed by atoms with Crippen molar-refractivity contribution in [2.45, 2.75) is 50.8 Å². The highest BCUT2D eigenvalue weighted by molar-refractivity contribution is 9.09. The van der Waals surface area contributed by atoms with Crippen molar-refractivity contribution in [2.24, 2.45) is 5.92 Å². The van der Waals surface area contributed by atoms with Crippen LogP contribution in [0.5, 0.6) is 0 Å². The molecular weight excluding hydrogens is 298 g/mol. The summed E-state index contributed by atoms with van der Waals surface area (Å²) < 4.78 is 26.7. The Labute approximate surface area is 117 Å². The van der Waals surface area contributed by atoms with E-state index in [0.717, 1.165) is 31.7 Å². The van der Waals surface area contributed by atoms with E-state index in [-0.39, 0.29) is 4.83 Å². The number of benzene rings is 1. The van der Waals surface area contributed by atoms with Crippen LogP contribution in [0.25, 0.3) is 0 Å². The third kappa shape index (κ3) is 4.34. The number of halogens is 3. The predicted octanol–water partition coefficient (Wildman–Crippen LogP) is 5.49. The number of hydrogen-bond donors (Lipinski definition) is 0. The van der Waals surface area contributed by atoms with Gasteiger partial charge in [-0.3, -0.25) is 0 Å². The average Bonchev–Trinajstić information content (AvgIpc) is 2.34. The maximum absolute atomic E-state index is 13.6. The molecule has 0 fully saturated rings. The van der Waals surface area contributed by atoms with Crippen LogP contribution in [0.4, 0.5) is 8.78 Å². The van der Waals surface area contributed by atoms with Gasteiger partial charge in [0, 0.05) is 4.83 Å². The molecule has 1 unspecified atom stereocenters. The monoisotopic (exact) mass is 318 g/mol. The van der Waals surface area contributed by atoms with Crippen LogP contribution in [0.15, 0.2) is 18.2 Å². The van der Waals surface area contributed by atoms with Crippen molar-refractivity contribution in [3.63, 3.8) is 0 Å². The molecule has 1 rings (SSSR count). The maximum Gasteiger partial charge on any atom is 0.162 e. The lowest BCUT2D eigenvalue weighted by atomic mass is 9.91.